The zero-order valence-corrected chi connectivity index (χ0v) is 16.1. The molecule has 5 heteroatoms. The van der Waals surface area contributed by atoms with E-state index in [0.717, 1.165) is 54.0 Å². The summed E-state index contributed by atoms with van der Waals surface area (Å²) in [7, 11) is 2.13. The van der Waals surface area contributed by atoms with Crippen LogP contribution < -0.4 is 10.1 Å². The van der Waals surface area contributed by atoms with Gasteiger partial charge in [0.25, 0.3) is 0 Å². The highest BCUT2D eigenvalue weighted by Crippen LogP contribution is 2.29. The first-order chi connectivity index (χ1) is 13.7. The summed E-state index contributed by atoms with van der Waals surface area (Å²) in [6.07, 6.45) is 4.53. The molecule has 28 heavy (non-hydrogen) atoms. The molecule has 0 bridgehead atoms. The summed E-state index contributed by atoms with van der Waals surface area (Å²) in [5.74, 6) is 2.07. The molecule has 2 aromatic carbocycles. The van der Waals surface area contributed by atoms with Gasteiger partial charge in [-0.1, -0.05) is 12.1 Å². The number of pyridine rings is 1. The number of rotatable bonds is 5. The summed E-state index contributed by atoms with van der Waals surface area (Å²) in [6, 6.07) is 17.3. The minimum absolute atomic E-state index is 0.0864. The number of carbonyl (C=O) groups excluding carboxylic acids is 1. The lowest BCUT2D eigenvalue weighted by Gasteiger charge is -2.28. The lowest BCUT2D eigenvalue weighted by Crippen LogP contribution is -2.31. The highest BCUT2D eigenvalue weighted by atomic mass is 16.5. The molecule has 2 heterocycles. The second kappa shape index (κ2) is 8.40. The quantitative estimate of drug-likeness (QED) is 0.702. The summed E-state index contributed by atoms with van der Waals surface area (Å²) in [5, 5.41) is 3.98. The molecule has 144 valence electrons. The maximum Gasteiger partial charge on any atom is 0.224 e. The van der Waals surface area contributed by atoms with Crippen molar-refractivity contribution in [3.63, 3.8) is 0 Å². The van der Waals surface area contributed by atoms with Gasteiger partial charge in [0.2, 0.25) is 5.91 Å². The number of anilines is 1. The molecule has 1 amide bonds. The molecule has 1 N–H and O–H groups in total. The topological polar surface area (TPSA) is 54.5 Å². The minimum Gasteiger partial charge on any atom is -0.457 e. The molecule has 0 saturated carbocycles. The first-order valence-electron chi connectivity index (χ1n) is 9.77. The van der Waals surface area contributed by atoms with Crippen LogP contribution in [0, 0.1) is 5.92 Å². The molecule has 1 aliphatic rings. The van der Waals surface area contributed by atoms with Crippen LogP contribution in [-0.2, 0) is 4.79 Å². The highest BCUT2D eigenvalue weighted by molar-refractivity contribution is 5.91. The molecule has 4 rings (SSSR count). The Morgan fingerprint density at radius 3 is 2.64 bits per heavy atom. The molecule has 3 aromatic rings. The number of amides is 1. The van der Waals surface area contributed by atoms with E-state index in [0.29, 0.717) is 12.3 Å². The van der Waals surface area contributed by atoms with Gasteiger partial charge in [-0.15, -0.1) is 0 Å². The molecule has 1 aliphatic heterocycles. The van der Waals surface area contributed by atoms with Crippen LogP contribution in [0.15, 0.2) is 60.8 Å². The molecule has 0 atom stereocenters. The second-order valence-corrected chi connectivity index (χ2v) is 7.45. The second-order valence-electron chi connectivity index (χ2n) is 7.45. The van der Waals surface area contributed by atoms with Crippen molar-refractivity contribution in [1.29, 1.82) is 0 Å². The van der Waals surface area contributed by atoms with E-state index in [2.05, 4.69) is 22.2 Å². The zero-order chi connectivity index (χ0) is 19.3. The predicted molar refractivity (Wildman–Crippen MR) is 112 cm³/mol. The van der Waals surface area contributed by atoms with E-state index < -0.39 is 0 Å². The first kappa shape index (κ1) is 18.4. The van der Waals surface area contributed by atoms with Crippen molar-refractivity contribution in [2.45, 2.75) is 19.3 Å². The number of hydrogen-bond donors (Lipinski definition) is 1. The van der Waals surface area contributed by atoms with E-state index in [1.807, 2.05) is 54.6 Å². The molecule has 1 fully saturated rings. The fourth-order valence-corrected chi connectivity index (χ4v) is 3.63. The molecule has 0 aliphatic carbocycles. The van der Waals surface area contributed by atoms with Gasteiger partial charge in [-0.2, -0.15) is 0 Å². The van der Waals surface area contributed by atoms with Crippen molar-refractivity contribution >= 4 is 22.5 Å². The largest absolute Gasteiger partial charge is 0.457 e. The molecule has 0 spiro atoms. The van der Waals surface area contributed by atoms with Crippen LogP contribution in [-0.4, -0.2) is 35.9 Å². The Labute approximate surface area is 165 Å². The van der Waals surface area contributed by atoms with Gasteiger partial charge in [-0.05, 0) is 81.4 Å². The average Bonchev–Trinajstić information content (AvgIpc) is 2.71. The smallest absolute Gasteiger partial charge is 0.224 e. The summed E-state index contributed by atoms with van der Waals surface area (Å²) in [4.78, 5) is 19.0. The Balaban J connectivity index is 1.36. The van der Waals surface area contributed by atoms with Gasteiger partial charge in [-0.25, -0.2) is 0 Å². The van der Waals surface area contributed by atoms with Crippen LogP contribution in [0.25, 0.3) is 10.9 Å². The van der Waals surface area contributed by atoms with Crippen LogP contribution in [0.4, 0.5) is 5.69 Å². The number of hydrogen-bond acceptors (Lipinski definition) is 4. The fourth-order valence-electron chi connectivity index (χ4n) is 3.63. The molecule has 0 unspecified atom stereocenters. The van der Waals surface area contributed by atoms with Crippen molar-refractivity contribution in [3.8, 4) is 11.5 Å². The molecular formula is C23H25N3O2. The standard InChI is InChI=1S/C23H25N3O2/c1-26-14-11-17(12-15-26)16-23(27)25-18-6-8-19(9-7-18)28-22-10-13-24-21-5-3-2-4-20(21)22/h2-10,13,17H,11-12,14-16H2,1H3,(H,25,27). The molecule has 1 saturated heterocycles. The van der Waals surface area contributed by atoms with Gasteiger partial charge in [0, 0.05) is 23.7 Å². The van der Waals surface area contributed by atoms with Gasteiger partial charge in [0.15, 0.2) is 0 Å². The first-order valence-corrected chi connectivity index (χ1v) is 9.77. The lowest BCUT2D eigenvalue weighted by atomic mass is 9.93. The van der Waals surface area contributed by atoms with Crippen LogP contribution in [0.2, 0.25) is 0 Å². The average molecular weight is 375 g/mol. The summed E-state index contributed by atoms with van der Waals surface area (Å²) < 4.78 is 6.03. The number of benzene rings is 2. The fraction of sp³-hybridized carbons (Fsp3) is 0.304. The Morgan fingerprint density at radius 2 is 1.86 bits per heavy atom. The third-order valence-corrected chi connectivity index (χ3v) is 5.29. The molecule has 1 aromatic heterocycles. The number of carbonyl (C=O) groups is 1. The van der Waals surface area contributed by atoms with Crippen molar-refractivity contribution in [3.05, 3.63) is 60.8 Å². The number of nitrogens with one attached hydrogen (secondary N) is 1. The van der Waals surface area contributed by atoms with Crippen LogP contribution in [0.3, 0.4) is 0 Å². The molecule has 5 nitrogen and oxygen atoms in total. The number of ether oxygens (including phenoxy) is 1. The lowest BCUT2D eigenvalue weighted by molar-refractivity contribution is -0.117. The van der Waals surface area contributed by atoms with E-state index in [-0.39, 0.29) is 5.91 Å². The molecule has 0 radical (unpaired) electrons. The Bertz CT molecular complexity index is 942. The predicted octanol–water partition coefficient (Wildman–Crippen LogP) is 4.70. The summed E-state index contributed by atoms with van der Waals surface area (Å²) in [5.41, 5.74) is 1.70. The minimum atomic E-state index is 0.0864. The van der Waals surface area contributed by atoms with Crippen LogP contribution in [0.1, 0.15) is 19.3 Å². The zero-order valence-electron chi connectivity index (χ0n) is 16.1. The van der Waals surface area contributed by atoms with Gasteiger partial charge >= 0.3 is 0 Å². The van der Waals surface area contributed by atoms with Gasteiger partial charge in [0.05, 0.1) is 5.52 Å². The van der Waals surface area contributed by atoms with Crippen molar-refractivity contribution in [1.82, 2.24) is 9.88 Å². The highest BCUT2D eigenvalue weighted by Gasteiger charge is 2.19. The van der Waals surface area contributed by atoms with E-state index in [9.17, 15) is 4.79 Å². The number of likely N-dealkylation sites (tertiary alicyclic amines) is 1. The number of piperidine rings is 1. The van der Waals surface area contributed by atoms with Gasteiger partial charge < -0.3 is 15.0 Å². The van der Waals surface area contributed by atoms with Crippen LogP contribution >= 0.6 is 0 Å². The third-order valence-electron chi connectivity index (χ3n) is 5.29. The van der Waals surface area contributed by atoms with Crippen molar-refractivity contribution in [2.24, 2.45) is 5.92 Å². The number of aromatic nitrogens is 1. The van der Waals surface area contributed by atoms with E-state index >= 15 is 0 Å². The summed E-state index contributed by atoms with van der Waals surface area (Å²) in [6.45, 7) is 2.15. The Kier molecular flexibility index (Phi) is 5.53. The SMILES string of the molecule is CN1CCC(CC(=O)Nc2ccc(Oc3ccnc4ccccc34)cc2)CC1. The Hall–Kier alpha value is -2.92. The van der Waals surface area contributed by atoms with Gasteiger partial charge in [0.1, 0.15) is 11.5 Å². The number of para-hydroxylation sites is 1. The normalized spacial score (nSPS) is 15.5. The van der Waals surface area contributed by atoms with E-state index in [1.165, 1.54) is 0 Å². The van der Waals surface area contributed by atoms with Crippen molar-refractivity contribution < 1.29 is 9.53 Å². The van der Waals surface area contributed by atoms with Gasteiger partial charge in [-0.3, -0.25) is 9.78 Å². The number of nitrogens with zero attached hydrogens (tertiary/aromatic N) is 2. The Morgan fingerprint density at radius 1 is 1.11 bits per heavy atom. The summed E-state index contributed by atoms with van der Waals surface area (Å²) >= 11 is 0. The maximum atomic E-state index is 12.3. The maximum absolute atomic E-state index is 12.3. The van der Waals surface area contributed by atoms with E-state index in [4.69, 9.17) is 4.74 Å². The van der Waals surface area contributed by atoms with E-state index in [1.54, 1.807) is 6.20 Å². The monoisotopic (exact) mass is 375 g/mol. The van der Waals surface area contributed by atoms with Crippen LogP contribution in [0.5, 0.6) is 11.5 Å². The number of fused-ring (bicyclic) bond motifs is 1. The third kappa shape index (κ3) is 4.49. The van der Waals surface area contributed by atoms with Crippen molar-refractivity contribution in [2.75, 3.05) is 25.5 Å². The molecular weight excluding hydrogens is 350 g/mol.